The molecule has 7 nitrogen and oxygen atoms in total. The summed E-state index contributed by atoms with van der Waals surface area (Å²) in [5.41, 5.74) is 0. The van der Waals surface area contributed by atoms with E-state index in [1.807, 2.05) is 0 Å². The van der Waals surface area contributed by atoms with Crippen LogP contribution in [-0.2, 0) is 23.4 Å². The Labute approximate surface area is 196 Å². The lowest BCUT2D eigenvalue weighted by Gasteiger charge is -2.19. The smallest absolute Gasteiger partial charge is 0.329 e. The molecule has 2 N–H and O–H groups in total. The third-order valence-electron chi connectivity index (χ3n) is 5.61. The van der Waals surface area contributed by atoms with Gasteiger partial charge in [0, 0.05) is 13.2 Å². The van der Waals surface area contributed by atoms with Gasteiger partial charge in [-0.05, 0) is 19.4 Å². The predicted molar refractivity (Wildman–Crippen MR) is 131 cm³/mol. The van der Waals surface area contributed by atoms with Crippen LogP contribution in [0.3, 0.4) is 0 Å². The first-order valence-electron chi connectivity index (χ1n) is 12.7. The Morgan fingerprint density at radius 3 is 2.00 bits per heavy atom. The molecule has 0 radical (unpaired) electrons. The van der Waals surface area contributed by atoms with Crippen LogP contribution in [0.1, 0.15) is 97.3 Å². The maximum atomic E-state index is 11.9. The number of hydrogen-bond acceptors (Lipinski definition) is 6. The highest BCUT2D eigenvalue weighted by Crippen LogP contribution is 2.41. The largest absolute Gasteiger partial charge is 0.460 e. The topological polar surface area (TPSA) is 94.1 Å². The molecule has 0 aliphatic carbocycles. The highest BCUT2D eigenvalue weighted by atomic mass is 31.2. The maximum absolute atomic E-state index is 11.9. The molecule has 3 unspecified atom stereocenters. The van der Waals surface area contributed by atoms with Gasteiger partial charge in [0.1, 0.15) is 6.10 Å². The highest BCUT2D eigenvalue weighted by Gasteiger charge is 2.22. The van der Waals surface area contributed by atoms with E-state index in [-0.39, 0.29) is 19.4 Å². The van der Waals surface area contributed by atoms with E-state index in [4.69, 9.17) is 14.0 Å². The minimum atomic E-state index is -3.69. The normalized spacial score (nSPS) is 15.2. The number of nitrogens with one attached hydrogen (secondary N) is 1. The summed E-state index contributed by atoms with van der Waals surface area (Å²) in [5.74, 6) is 0.426. The molecule has 8 heteroatoms. The van der Waals surface area contributed by atoms with Crippen LogP contribution in [0.4, 0.5) is 0 Å². The second-order valence-corrected chi connectivity index (χ2v) is 10.9. The number of carbonyl (C=O) groups excluding carboxylic acids is 1. The van der Waals surface area contributed by atoms with Crippen molar-refractivity contribution in [3.05, 3.63) is 0 Å². The summed E-state index contributed by atoms with van der Waals surface area (Å²) in [6.07, 6.45) is 16.6. The van der Waals surface area contributed by atoms with Crippen molar-refractivity contribution in [2.45, 2.75) is 103 Å². The summed E-state index contributed by atoms with van der Waals surface area (Å²) in [7, 11) is -1.99. The molecule has 0 spiro atoms. The molecule has 0 fully saturated rings. The van der Waals surface area contributed by atoms with Gasteiger partial charge in [-0.15, -0.1) is 0 Å². The molecule has 0 bridgehead atoms. The van der Waals surface area contributed by atoms with Gasteiger partial charge in [0.05, 0.1) is 19.4 Å². The second kappa shape index (κ2) is 22.3. The van der Waals surface area contributed by atoms with Gasteiger partial charge in [-0.25, -0.2) is 0 Å². The number of carbonyl (C=O) groups is 1. The van der Waals surface area contributed by atoms with Gasteiger partial charge in [-0.3, -0.25) is 9.36 Å². The molecule has 0 saturated heterocycles. The molecule has 0 aliphatic rings. The fourth-order valence-electron chi connectivity index (χ4n) is 3.54. The molecule has 0 heterocycles. The molecule has 3 atom stereocenters. The zero-order valence-corrected chi connectivity index (χ0v) is 21.8. The Kier molecular flexibility index (Phi) is 22.0. The molecule has 0 aromatic rings. The van der Waals surface area contributed by atoms with Gasteiger partial charge in [0.15, 0.2) is 0 Å². The van der Waals surface area contributed by atoms with Gasteiger partial charge in [-0.1, -0.05) is 90.9 Å². The predicted octanol–water partition coefficient (Wildman–Crippen LogP) is 5.69. The van der Waals surface area contributed by atoms with Gasteiger partial charge in [-0.2, -0.15) is 0 Å². The number of ether oxygens (including phenoxy) is 2. The van der Waals surface area contributed by atoms with Crippen LogP contribution in [0.25, 0.3) is 0 Å². The van der Waals surface area contributed by atoms with Crippen molar-refractivity contribution in [2.75, 3.05) is 39.6 Å². The second-order valence-electron chi connectivity index (χ2n) is 8.94. The lowest BCUT2D eigenvalue weighted by atomic mass is 10.0. The summed E-state index contributed by atoms with van der Waals surface area (Å²) in [4.78, 5) is 20.4. The van der Waals surface area contributed by atoms with Crippen LogP contribution in [0.5, 0.6) is 0 Å². The Bertz CT molecular complexity index is 466. The van der Waals surface area contributed by atoms with Gasteiger partial charge >= 0.3 is 7.60 Å². The van der Waals surface area contributed by atoms with Crippen LogP contribution >= 0.6 is 7.60 Å². The number of hydrogen-bond donors (Lipinski definition) is 2. The third kappa shape index (κ3) is 21.4. The van der Waals surface area contributed by atoms with Gasteiger partial charge in [0.25, 0.3) is 6.47 Å². The summed E-state index contributed by atoms with van der Waals surface area (Å²) < 4.78 is 27.5. The van der Waals surface area contributed by atoms with E-state index in [1.54, 1.807) is 7.05 Å². The van der Waals surface area contributed by atoms with E-state index in [9.17, 15) is 14.3 Å². The van der Waals surface area contributed by atoms with Crippen molar-refractivity contribution in [3.8, 4) is 0 Å². The fraction of sp³-hybridized carbons (Fsp3) is 0.958. The Balaban J connectivity index is 3.69. The van der Waals surface area contributed by atoms with Crippen molar-refractivity contribution >= 4 is 14.1 Å². The fourth-order valence-corrected chi connectivity index (χ4v) is 4.57. The average Bonchev–Trinajstić information content (AvgIpc) is 2.77. The number of rotatable bonds is 25. The standard InChI is InChI=1S/C24H50NO6P/c1-4-5-6-7-8-9-10-11-12-13-14-15-16-23(2)19-29-20-24(30-22-26)21-31-32(27,28)18-17-25-3/h22-25H,4-21H2,1-3H3,(H,27,28). The molecule has 0 aliphatic heterocycles. The molecule has 192 valence electrons. The lowest BCUT2D eigenvalue weighted by molar-refractivity contribution is -0.139. The van der Waals surface area contributed by atoms with Gasteiger partial charge in [0.2, 0.25) is 0 Å². The first-order chi connectivity index (χ1) is 15.4. The van der Waals surface area contributed by atoms with E-state index in [1.165, 1.54) is 77.0 Å². The first kappa shape index (κ1) is 31.5. The zero-order valence-electron chi connectivity index (χ0n) is 20.9. The lowest BCUT2D eigenvalue weighted by Crippen LogP contribution is -2.26. The van der Waals surface area contributed by atoms with E-state index in [0.29, 0.717) is 25.5 Å². The van der Waals surface area contributed by atoms with Crippen LogP contribution < -0.4 is 5.32 Å². The third-order valence-corrected chi connectivity index (χ3v) is 6.95. The van der Waals surface area contributed by atoms with Crippen LogP contribution in [0, 0.1) is 5.92 Å². The van der Waals surface area contributed by atoms with E-state index >= 15 is 0 Å². The molecule has 0 rings (SSSR count). The van der Waals surface area contributed by atoms with Crippen molar-refractivity contribution in [1.82, 2.24) is 5.32 Å². The van der Waals surface area contributed by atoms with E-state index in [2.05, 4.69) is 19.2 Å². The minimum Gasteiger partial charge on any atom is -0.460 e. The first-order valence-corrected chi connectivity index (χ1v) is 14.5. The van der Waals surface area contributed by atoms with Crippen molar-refractivity contribution < 1.29 is 28.3 Å². The number of unbranched alkanes of at least 4 members (excludes halogenated alkanes) is 11. The monoisotopic (exact) mass is 479 g/mol. The summed E-state index contributed by atoms with van der Waals surface area (Å²) in [6, 6.07) is 0. The summed E-state index contributed by atoms with van der Waals surface area (Å²) in [5, 5.41) is 2.80. The Morgan fingerprint density at radius 2 is 1.47 bits per heavy atom. The Morgan fingerprint density at radius 1 is 0.906 bits per heavy atom. The molecular formula is C24H50NO6P. The van der Waals surface area contributed by atoms with Crippen molar-refractivity contribution in [2.24, 2.45) is 5.92 Å². The quantitative estimate of drug-likeness (QED) is 0.0986. The molecule has 0 amide bonds. The zero-order chi connectivity index (χ0) is 23.9. The SMILES string of the molecule is CCCCCCCCCCCCCCC(C)COCC(COP(=O)(O)CCNC)OC=O. The maximum Gasteiger partial charge on any atom is 0.329 e. The molecular weight excluding hydrogens is 429 g/mol. The average molecular weight is 480 g/mol. The van der Waals surface area contributed by atoms with Crippen molar-refractivity contribution in [1.29, 1.82) is 0 Å². The molecule has 32 heavy (non-hydrogen) atoms. The van der Waals surface area contributed by atoms with Crippen LogP contribution in [0.15, 0.2) is 0 Å². The van der Waals surface area contributed by atoms with E-state index in [0.717, 1.165) is 6.42 Å². The summed E-state index contributed by atoms with van der Waals surface area (Å²) >= 11 is 0. The van der Waals surface area contributed by atoms with Crippen LogP contribution in [0.2, 0.25) is 0 Å². The Hall–Kier alpha value is -0.460. The molecule has 0 aromatic heterocycles. The summed E-state index contributed by atoms with van der Waals surface area (Å²) in [6.45, 7) is 5.70. The van der Waals surface area contributed by atoms with E-state index < -0.39 is 13.7 Å². The van der Waals surface area contributed by atoms with Crippen LogP contribution in [-0.4, -0.2) is 57.0 Å². The minimum absolute atomic E-state index is 0.00818. The van der Waals surface area contributed by atoms with Gasteiger partial charge < -0.3 is 24.2 Å². The molecule has 0 aromatic carbocycles. The van der Waals surface area contributed by atoms with Crippen molar-refractivity contribution in [3.63, 3.8) is 0 Å². The molecule has 0 saturated carbocycles. The highest BCUT2D eigenvalue weighted by molar-refractivity contribution is 7.52.